The molecule has 0 amide bonds. The van der Waals surface area contributed by atoms with E-state index in [1.54, 1.807) is 0 Å². The number of aromatic nitrogens is 1. The maximum atomic E-state index is 10.4. The van der Waals surface area contributed by atoms with E-state index in [9.17, 15) is 19.7 Å². The maximum absolute atomic E-state index is 10.4. The first-order chi connectivity index (χ1) is 6.54. The average Bonchev–Trinajstić information content (AvgIpc) is 2.16. The third kappa shape index (κ3) is 1.89. The fourth-order valence-electron chi connectivity index (χ4n) is 0.812. The molecule has 1 heterocycles. The second kappa shape index (κ2) is 3.60. The Labute approximate surface area is 77.2 Å². The summed E-state index contributed by atoms with van der Waals surface area (Å²) in [5.41, 5.74) is -1.28. The van der Waals surface area contributed by atoms with Crippen LogP contribution < -0.4 is 0 Å². The predicted octanol–water partition coefficient (Wildman–Crippen LogP) is 0.500. The van der Waals surface area contributed by atoms with Gasteiger partial charge in [0.2, 0.25) is 0 Å². The number of hydrogen-bond acceptors (Lipinski definition) is 5. The van der Waals surface area contributed by atoms with Gasteiger partial charge in [-0.2, -0.15) is 0 Å². The maximum Gasteiger partial charge on any atom is 0.354 e. The second-order valence-electron chi connectivity index (χ2n) is 2.32. The zero-order valence-electron chi connectivity index (χ0n) is 6.71. The van der Waals surface area contributed by atoms with Crippen molar-refractivity contribution in [1.82, 2.24) is 4.98 Å². The van der Waals surface area contributed by atoms with Gasteiger partial charge in [0, 0.05) is 12.1 Å². The highest BCUT2D eigenvalue weighted by Gasteiger charge is 2.14. The number of aldehydes is 1. The number of carboxylic acid groups (broad SMARTS) is 1. The van der Waals surface area contributed by atoms with Crippen molar-refractivity contribution >= 4 is 17.9 Å². The molecule has 7 nitrogen and oxygen atoms in total. The Morgan fingerprint density at radius 1 is 1.57 bits per heavy atom. The fourth-order valence-corrected chi connectivity index (χ4v) is 0.812. The summed E-state index contributed by atoms with van der Waals surface area (Å²) < 4.78 is 0. The molecule has 0 aliphatic heterocycles. The third-order valence-electron chi connectivity index (χ3n) is 1.38. The molecule has 0 unspecified atom stereocenters. The molecule has 0 spiro atoms. The summed E-state index contributed by atoms with van der Waals surface area (Å²) in [6, 6.07) is 1.69. The lowest BCUT2D eigenvalue weighted by molar-refractivity contribution is -0.385. The standard InChI is InChI=1S/C7H4N2O5/c10-3-4-1-5(9(13)14)2-6(8-4)7(11)12/h1-3H,(H,11,12). The number of carbonyl (C=O) groups excluding carboxylic acids is 1. The van der Waals surface area contributed by atoms with Crippen LogP contribution >= 0.6 is 0 Å². The molecule has 0 aromatic carbocycles. The van der Waals surface area contributed by atoms with Gasteiger partial charge >= 0.3 is 5.97 Å². The zero-order chi connectivity index (χ0) is 10.7. The lowest BCUT2D eigenvalue weighted by Gasteiger charge is -1.95. The summed E-state index contributed by atoms with van der Waals surface area (Å²) in [5.74, 6) is -1.42. The van der Waals surface area contributed by atoms with Crippen molar-refractivity contribution in [3.05, 3.63) is 33.6 Å². The Hall–Kier alpha value is -2.31. The summed E-state index contributed by atoms with van der Waals surface area (Å²) in [6.45, 7) is 0. The molecule has 0 atom stereocenters. The largest absolute Gasteiger partial charge is 0.477 e. The van der Waals surface area contributed by atoms with E-state index < -0.39 is 22.3 Å². The van der Waals surface area contributed by atoms with Crippen LogP contribution in [-0.4, -0.2) is 27.3 Å². The van der Waals surface area contributed by atoms with E-state index in [1.165, 1.54) is 0 Å². The summed E-state index contributed by atoms with van der Waals surface area (Å²) >= 11 is 0. The summed E-state index contributed by atoms with van der Waals surface area (Å²) in [6.07, 6.45) is 0.249. The first kappa shape index (κ1) is 9.78. The molecule has 0 bridgehead atoms. The number of rotatable bonds is 3. The minimum Gasteiger partial charge on any atom is -0.477 e. The monoisotopic (exact) mass is 196 g/mol. The van der Waals surface area contributed by atoms with Gasteiger partial charge in [-0.15, -0.1) is 0 Å². The molecular weight excluding hydrogens is 192 g/mol. The highest BCUT2D eigenvalue weighted by Crippen LogP contribution is 2.13. The van der Waals surface area contributed by atoms with Gasteiger partial charge in [-0.3, -0.25) is 14.9 Å². The van der Waals surface area contributed by atoms with Gasteiger partial charge in [-0.05, 0) is 0 Å². The van der Waals surface area contributed by atoms with Crippen LogP contribution in [-0.2, 0) is 0 Å². The molecule has 1 aromatic rings. The Balaban J connectivity index is 3.34. The highest BCUT2D eigenvalue weighted by molar-refractivity contribution is 5.87. The van der Waals surface area contributed by atoms with Gasteiger partial charge in [0.05, 0.1) is 4.92 Å². The topological polar surface area (TPSA) is 110 Å². The molecule has 0 saturated heterocycles. The Morgan fingerprint density at radius 2 is 2.21 bits per heavy atom. The van der Waals surface area contributed by atoms with Gasteiger partial charge in [0.1, 0.15) is 5.69 Å². The van der Waals surface area contributed by atoms with E-state index in [-0.39, 0.29) is 12.0 Å². The molecule has 7 heteroatoms. The SMILES string of the molecule is O=Cc1cc([N+](=O)[O-])cc(C(=O)O)n1. The van der Waals surface area contributed by atoms with Gasteiger partial charge < -0.3 is 5.11 Å². The van der Waals surface area contributed by atoms with Crippen LogP contribution in [0.3, 0.4) is 0 Å². The smallest absolute Gasteiger partial charge is 0.354 e. The number of nitrogens with zero attached hydrogens (tertiary/aromatic N) is 2. The van der Waals surface area contributed by atoms with Gasteiger partial charge in [-0.1, -0.05) is 0 Å². The summed E-state index contributed by atoms with van der Waals surface area (Å²) in [7, 11) is 0. The van der Waals surface area contributed by atoms with Gasteiger partial charge in [0.15, 0.2) is 12.0 Å². The minimum absolute atomic E-state index is 0.249. The van der Waals surface area contributed by atoms with Gasteiger partial charge in [0.25, 0.3) is 5.69 Å². The number of carboxylic acids is 1. The molecule has 72 valence electrons. The Morgan fingerprint density at radius 3 is 2.64 bits per heavy atom. The van der Waals surface area contributed by atoms with Crippen molar-refractivity contribution in [3.8, 4) is 0 Å². The van der Waals surface area contributed by atoms with E-state index in [0.717, 1.165) is 12.1 Å². The third-order valence-corrected chi connectivity index (χ3v) is 1.38. The number of carbonyl (C=O) groups is 2. The molecule has 0 saturated carbocycles. The van der Waals surface area contributed by atoms with Crippen LogP contribution in [0.25, 0.3) is 0 Å². The quantitative estimate of drug-likeness (QED) is 0.428. The molecule has 0 fully saturated rings. The van der Waals surface area contributed by atoms with Crippen molar-refractivity contribution in [2.24, 2.45) is 0 Å². The minimum atomic E-state index is -1.42. The summed E-state index contributed by atoms with van der Waals surface area (Å²) in [4.78, 5) is 33.6. The lowest BCUT2D eigenvalue weighted by Crippen LogP contribution is -2.04. The van der Waals surface area contributed by atoms with Crippen LogP contribution in [0, 0.1) is 10.1 Å². The Kier molecular flexibility index (Phi) is 2.52. The molecule has 1 N–H and O–H groups in total. The highest BCUT2D eigenvalue weighted by atomic mass is 16.6. The molecule has 1 aromatic heterocycles. The average molecular weight is 196 g/mol. The molecule has 0 radical (unpaired) electrons. The van der Waals surface area contributed by atoms with E-state index in [0.29, 0.717) is 0 Å². The number of pyridine rings is 1. The van der Waals surface area contributed by atoms with Crippen molar-refractivity contribution in [2.75, 3.05) is 0 Å². The van der Waals surface area contributed by atoms with E-state index in [1.807, 2.05) is 0 Å². The number of nitro groups is 1. The van der Waals surface area contributed by atoms with E-state index in [2.05, 4.69) is 4.98 Å². The number of hydrogen-bond donors (Lipinski definition) is 1. The van der Waals surface area contributed by atoms with Crippen LogP contribution in [0.5, 0.6) is 0 Å². The van der Waals surface area contributed by atoms with Crippen LogP contribution in [0.4, 0.5) is 5.69 Å². The molecule has 0 aliphatic carbocycles. The van der Waals surface area contributed by atoms with E-state index in [4.69, 9.17) is 5.11 Å². The van der Waals surface area contributed by atoms with Crippen LogP contribution in [0.2, 0.25) is 0 Å². The fraction of sp³-hybridized carbons (Fsp3) is 0. The zero-order valence-corrected chi connectivity index (χ0v) is 6.71. The predicted molar refractivity (Wildman–Crippen MR) is 43.2 cm³/mol. The van der Waals surface area contributed by atoms with Crippen LogP contribution in [0.1, 0.15) is 21.0 Å². The van der Waals surface area contributed by atoms with Gasteiger partial charge in [-0.25, -0.2) is 9.78 Å². The van der Waals surface area contributed by atoms with Crippen molar-refractivity contribution < 1.29 is 19.6 Å². The summed E-state index contributed by atoms with van der Waals surface area (Å²) in [5, 5.41) is 18.8. The Bertz CT molecular complexity index is 382. The second-order valence-corrected chi connectivity index (χ2v) is 2.32. The first-order valence-electron chi connectivity index (χ1n) is 3.39. The van der Waals surface area contributed by atoms with Crippen molar-refractivity contribution in [2.45, 2.75) is 0 Å². The number of aromatic carboxylic acids is 1. The first-order valence-corrected chi connectivity index (χ1v) is 3.39. The molecular formula is C7H4N2O5. The molecule has 1 rings (SSSR count). The van der Waals surface area contributed by atoms with Crippen molar-refractivity contribution in [1.29, 1.82) is 0 Å². The molecule has 0 aliphatic rings. The molecule has 14 heavy (non-hydrogen) atoms. The van der Waals surface area contributed by atoms with E-state index >= 15 is 0 Å². The normalized spacial score (nSPS) is 9.43. The lowest BCUT2D eigenvalue weighted by atomic mass is 10.2. The van der Waals surface area contributed by atoms with Crippen LogP contribution in [0.15, 0.2) is 12.1 Å². The van der Waals surface area contributed by atoms with Crippen molar-refractivity contribution in [3.63, 3.8) is 0 Å².